The average Bonchev–Trinajstić information content (AvgIpc) is 2.30. The van der Waals surface area contributed by atoms with Gasteiger partial charge in [-0.25, -0.2) is 4.98 Å². The highest BCUT2D eigenvalue weighted by atomic mass is 79.9. The molecule has 0 amide bonds. The summed E-state index contributed by atoms with van der Waals surface area (Å²) in [6, 6.07) is 5.42. The van der Waals surface area contributed by atoms with Crippen molar-refractivity contribution in [3.8, 4) is 0 Å². The van der Waals surface area contributed by atoms with Gasteiger partial charge in [0, 0.05) is 0 Å². The van der Waals surface area contributed by atoms with E-state index in [1.807, 2.05) is 12.1 Å². The van der Waals surface area contributed by atoms with Gasteiger partial charge in [0.25, 0.3) is 0 Å². The maximum Gasteiger partial charge on any atom is 0.224 e. The van der Waals surface area contributed by atoms with Crippen LogP contribution in [0.3, 0.4) is 0 Å². The maximum absolute atomic E-state index is 5.97. The van der Waals surface area contributed by atoms with Crippen molar-refractivity contribution >= 4 is 62.2 Å². The van der Waals surface area contributed by atoms with Crippen LogP contribution in [0.1, 0.15) is 0 Å². The molecule has 0 spiro atoms. The topological polar surface area (TPSA) is 37.8 Å². The summed E-state index contributed by atoms with van der Waals surface area (Å²) in [7, 11) is 0. The van der Waals surface area contributed by atoms with Crippen LogP contribution in [-0.4, -0.2) is 9.97 Å². The van der Waals surface area contributed by atoms with E-state index in [0.29, 0.717) is 15.9 Å². The molecule has 2 aromatic rings. The van der Waals surface area contributed by atoms with Gasteiger partial charge in [0.2, 0.25) is 5.28 Å². The molecule has 1 aromatic carbocycles. The third kappa shape index (κ3) is 3.01. The number of hydrogen-bond donors (Lipinski definition) is 1. The number of aromatic nitrogens is 2. The van der Waals surface area contributed by atoms with Crippen LogP contribution in [-0.2, 0) is 0 Å². The van der Waals surface area contributed by atoms with Gasteiger partial charge in [-0.15, -0.1) is 0 Å². The summed E-state index contributed by atoms with van der Waals surface area (Å²) in [5.74, 6) is 0.426. The molecular formula is C10H5BrCl3N3. The Hall–Kier alpha value is -0.550. The Bertz CT molecular complexity index is 562. The van der Waals surface area contributed by atoms with E-state index in [0.717, 1.165) is 10.2 Å². The first-order valence-electron chi connectivity index (χ1n) is 4.47. The van der Waals surface area contributed by atoms with E-state index < -0.39 is 0 Å². The molecule has 0 saturated heterocycles. The second kappa shape index (κ2) is 5.40. The van der Waals surface area contributed by atoms with Crippen LogP contribution in [0, 0.1) is 0 Å². The van der Waals surface area contributed by atoms with Crippen LogP contribution in [0.5, 0.6) is 0 Å². The molecule has 0 unspecified atom stereocenters. The number of nitrogens with zero attached hydrogens (tertiary/aromatic N) is 2. The highest BCUT2D eigenvalue weighted by Gasteiger charge is 2.08. The fraction of sp³-hybridized carbons (Fsp3) is 0. The fourth-order valence-corrected chi connectivity index (χ4v) is 1.97. The van der Waals surface area contributed by atoms with Gasteiger partial charge in [0.15, 0.2) is 5.82 Å². The lowest BCUT2D eigenvalue weighted by Crippen LogP contribution is -1.97. The van der Waals surface area contributed by atoms with E-state index in [2.05, 4.69) is 31.2 Å². The Morgan fingerprint density at radius 3 is 2.65 bits per heavy atom. The van der Waals surface area contributed by atoms with E-state index in [1.165, 1.54) is 6.20 Å². The first kappa shape index (κ1) is 12.9. The molecule has 1 heterocycles. The first-order valence-corrected chi connectivity index (χ1v) is 6.39. The average molecular weight is 353 g/mol. The van der Waals surface area contributed by atoms with Gasteiger partial charge in [0.1, 0.15) is 5.02 Å². The van der Waals surface area contributed by atoms with E-state index >= 15 is 0 Å². The molecule has 2 rings (SSSR count). The predicted molar refractivity (Wildman–Crippen MR) is 74.5 cm³/mol. The smallest absolute Gasteiger partial charge is 0.224 e. The molecule has 0 aliphatic rings. The second-order valence-electron chi connectivity index (χ2n) is 3.06. The molecule has 0 saturated carbocycles. The van der Waals surface area contributed by atoms with Crippen molar-refractivity contribution < 1.29 is 0 Å². The highest BCUT2D eigenvalue weighted by molar-refractivity contribution is 9.10. The summed E-state index contributed by atoms with van der Waals surface area (Å²) in [6.45, 7) is 0. The maximum atomic E-state index is 5.97. The summed E-state index contributed by atoms with van der Waals surface area (Å²) in [4.78, 5) is 7.75. The van der Waals surface area contributed by atoms with Gasteiger partial charge in [0.05, 0.1) is 21.4 Å². The minimum absolute atomic E-state index is 0.120. The third-order valence-electron chi connectivity index (χ3n) is 1.92. The fourth-order valence-electron chi connectivity index (χ4n) is 1.16. The van der Waals surface area contributed by atoms with E-state index in [1.54, 1.807) is 6.07 Å². The monoisotopic (exact) mass is 351 g/mol. The number of halogens is 4. The molecule has 0 bridgehead atoms. The van der Waals surface area contributed by atoms with Gasteiger partial charge in [-0.05, 0) is 39.7 Å². The molecule has 0 aliphatic carbocycles. The lowest BCUT2D eigenvalue weighted by molar-refractivity contribution is 1.17. The van der Waals surface area contributed by atoms with Gasteiger partial charge < -0.3 is 5.32 Å². The SMILES string of the molecule is Clc1ncc(Cl)c(Nc2cccc(Cl)c2Br)n1. The second-order valence-corrected chi connectivity index (χ2v) is 5.01. The molecule has 17 heavy (non-hydrogen) atoms. The zero-order valence-electron chi connectivity index (χ0n) is 8.22. The Kier molecular flexibility index (Phi) is 4.09. The van der Waals surface area contributed by atoms with Crippen molar-refractivity contribution in [2.45, 2.75) is 0 Å². The number of anilines is 2. The molecule has 0 aliphatic heterocycles. The van der Waals surface area contributed by atoms with E-state index in [4.69, 9.17) is 34.8 Å². The molecular weight excluding hydrogens is 348 g/mol. The largest absolute Gasteiger partial charge is 0.338 e. The zero-order chi connectivity index (χ0) is 12.4. The lowest BCUT2D eigenvalue weighted by atomic mass is 10.3. The zero-order valence-corrected chi connectivity index (χ0v) is 12.1. The van der Waals surface area contributed by atoms with Crippen LogP contribution < -0.4 is 5.32 Å². The molecule has 88 valence electrons. The molecule has 1 N–H and O–H groups in total. The van der Waals surface area contributed by atoms with Gasteiger partial charge in [-0.1, -0.05) is 29.3 Å². The van der Waals surface area contributed by atoms with E-state index in [-0.39, 0.29) is 5.28 Å². The summed E-state index contributed by atoms with van der Waals surface area (Å²) < 4.78 is 0.729. The lowest BCUT2D eigenvalue weighted by Gasteiger charge is -2.09. The third-order valence-corrected chi connectivity index (χ3v) is 3.78. The first-order chi connectivity index (χ1) is 8.08. The van der Waals surface area contributed by atoms with Crippen molar-refractivity contribution in [1.29, 1.82) is 0 Å². The van der Waals surface area contributed by atoms with Crippen LogP contribution in [0.4, 0.5) is 11.5 Å². The minimum atomic E-state index is 0.120. The van der Waals surface area contributed by atoms with Crippen LogP contribution >= 0.6 is 50.7 Å². The number of benzene rings is 1. The number of nitrogens with one attached hydrogen (secondary N) is 1. The van der Waals surface area contributed by atoms with Crippen molar-refractivity contribution in [3.63, 3.8) is 0 Å². The Morgan fingerprint density at radius 2 is 1.88 bits per heavy atom. The molecule has 3 nitrogen and oxygen atoms in total. The van der Waals surface area contributed by atoms with E-state index in [9.17, 15) is 0 Å². The van der Waals surface area contributed by atoms with Crippen LogP contribution in [0.2, 0.25) is 15.3 Å². The highest BCUT2D eigenvalue weighted by Crippen LogP contribution is 2.33. The standard InChI is InChI=1S/C10H5BrCl3N3/c11-8-5(12)2-1-3-7(8)16-9-6(13)4-15-10(14)17-9/h1-4H,(H,15,16,17). The Balaban J connectivity index is 2.38. The number of rotatable bonds is 2. The summed E-state index contributed by atoms with van der Waals surface area (Å²) in [6.07, 6.45) is 1.43. The minimum Gasteiger partial charge on any atom is -0.338 e. The van der Waals surface area contributed by atoms with Crippen LogP contribution in [0.25, 0.3) is 0 Å². The van der Waals surface area contributed by atoms with Crippen molar-refractivity contribution in [2.24, 2.45) is 0 Å². The Labute approximate surface area is 121 Å². The van der Waals surface area contributed by atoms with Gasteiger partial charge in [-0.2, -0.15) is 4.98 Å². The normalized spacial score (nSPS) is 10.4. The quantitative estimate of drug-likeness (QED) is 0.777. The predicted octanol–water partition coefficient (Wildman–Crippen LogP) is 4.94. The molecule has 1 aromatic heterocycles. The summed E-state index contributed by atoms with van der Waals surface area (Å²) >= 11 is 21.0. The van der Waals surface area contributed by atoms with Crippen molar-refractivity contribution in [3.05, 3.63) is 44.2 Å². The Morgan fingerprint density at radius 1 is 1.12 bits per heavy atom. The molecule has 0 radical (unpaired) electrons. The van der Waals surface area contributed by atoms with Crippen molar-refractivity contribution in [1.82, 2.24) is 9.97 Å². The molecule has 0 atom stereocenters. The molecule has 0 fully saturated rings. The van der Waals surface area contributed by atoms with Crippen molar-refractivity contribution in [2.75, 3.05) is 5.32 Å². The summed E-state index contributed by atoms with van der Waals surface area (Å²) in [5.41, 5.74) is 0.745. The summed E-state index contributed by atoms with van der Waals surface area (Å²) in [5, 5.41) is 4.11. The van der Waals surface area contributed by atoms with Crippen LogP contribution in [0.15, 0.2) is 28.9 Å². The van der Waals surface area contributed by atoms with Gasteiger partial charge >= 0.3 is 0 Å². The molecule has 7 heteroatoms. The van der Waals surface area contributed by atoms with Gasteiger partial charge in [-0.3, -0.25) is 0 Å². The number of hydrogen-bond acceptors (Lipinski definition) is 3.